The van der Waals surface area contributed by atoms with E-state index in [0.29, 0.717) is 17.5 Å². The van der Waals surface area contributed by atoms with E-state index < -0.39 is 5.41 Å². The van der Waals surface area contributed by atoms with Gasteiger partial charge in [-0.25, -0.2) is 19.9 Å². The van der Waals surface area contributed by atoms with Gasteiger partial charge in [0.25, 0.3) is 0 Å². The van der Waals surface area contributed by atoms with Crippen molar-refractivity contribution in [2.45, 2.75) is 5.41 Å². The Labute approximate surface area is 364 Å². The van der Waals surface area contributed by atoms with Crippen LogP contribution >= 0.6 is 0 Å². The summed E-state index contributed by atoms with van der Waals surface area (Å²) in [4.78, 5) is 20.7. The third-order valence-corrected chi connectivity index (χ3v) is 13.1. The van der Waals surface area contributed by atoms with Crippen molar-refractivity contribution in [3.8, 4) is 78.8 Å². The van der Waals surface area contributed by atoms with Crippen LogP contribution in [0.25, 0.3) is 100 Å². The van der Waals surface area contributed by atoms with Crippen LogP contribution in [-0.4, -0.2) is 19.9 Å². The van der Waals surface area contributed by atoms with Crippen molar-refractivity contribution in [2.24, 2.45) is 0 Å². The summed E-state index contributed by atoms with van der Waals surface area (Å²) in [5.74, 6) is 1.91. The molecule has 0 saturated heterocycles. The molecule has 0 bridgehead atoms. The summed E-state index contributed by atoms with van der Waals surface area (Å²) in [5, 5.41) is 3.51. The van der Waals surface area contributed by atoms with Crippen molar-refractivity contribution < 1.29 is 0 Å². The summed E-state index contributed by atoms with van der Waals surface area (Å²) in [5.41, 5.74) is 17.9. The highest BCUT2D eigenvalue weighted by Crippen LogP contribution is 2.65. The van der Waals surface area contributed by atoms with Gasteiger partial charge < -0.3 is 0 Å². The lowest BCUT2D eigenvalue weighted by atomic mass is 9.69. The zero-order valence-corrected chi connectivity index (χ0v) is 34.1. The standard InChI is InChI=1S/C59H36N4/c1-2-16-40(17-3-1)56-61-57(63-58(62-56)44-34-31-37-15-4-5-18-41(37)36-44)43-20-14-19-42(35-43)38-29-32-39(33-30-38)55-53-47-23-8-12-27-51(47)59(54(53)48-24-9-13-28-52(48)60-55)49-25-10-6-21-45(49)46-22-7-11-26-50(46)59/h1-36H. The summed E-state index contributed by atoms with van der Waals surface area (Å²) >= 11 is 0. The van der Waals surface area contributed by atoms with Gasteiger partial charge in [-0.15, -0.1) is 0 Å². The Hall–Kier alpha value is -8.34. The molecule has 0 radical (unpaired) electrons. The first-order valence-corrected chi connectivity index (χ1v) is 21.5. The number of hydrogen-bond donors (Lipinski definition) is 0. The molecule has 292 valence electrons. The van der Waals surface area contributed by atoms with E-state index in [0.717, 1.165) is 50.0 Å². The van der Waals surface area contributed by atoms with Gasteiger partial charge in [0, 0.05) is 33.2 Å². The molecule has 13 rings (SSSR count). The molecule has 0 unspecified atom stereocenters. The number of pyridine rings is 1. The summed E-state index contributed by atoms with van der Waals surface area (Å²) in [6, 6.07) is 78.0. The van der Waals surface area contributed by atoms with E-state index in [-0.39, 0.29) is 0 Å². The smallest absolute Gasteiger partial charge is 0.164 e. The van der Waals surface area contributed by atoms with Crippen LogP contribution in [0, 0.1) is 0 Å². The maximum absolute atomic E-state index is 5.50. The summed E-state index contributed by atoms with van der Waals surface area (Å²) < 4.78 is 0. The van der Waals surface area contributed by atoms with E-state index in [2.05, 4.69) is 188 Å². The highest BCUT2D eigenvalue weighted by molar-refractivity contribution is 6.06. The first kappa shape index (κ1) is 35.4. The van der Waals surface area contributed by atoms with Gasteiger partial charge in [0.15, 0.2) is 17.5 Å². The fourth-order valence-corrected chi connectivity index (χ4v) is 10.4. The second kappa shape index (κ2) is 13.8. The fourth-order valence-electron chi connectivity index (χ4n) is 10.4. The molecule has 4 heteroatoms. The normalized spacial score (nSPS) is 12.9. The number of hydrogen-bond acceptors (Lipinski definition) is 4. The largest absolute Gasteiger partial charge is 0.247 e. The molecule has 0 saturated carbocycles. The monoisotopic (exact) mass is 800 g/mol. The van der Waals surface area contributed by atoms with Crippen molar-refractivity contribution in [1.82, 2.24) is 19.9 Å². The lowest BCUT2D eigenvalue weighted by Crippen LogP contribution is -2.26. The average Bonchev–Trinajstić information content (AvgIpc) is 3.84. The first-order valence-electron chi connectivity index (χ1n) is 21.5. The Morgan fingerprint density at radius 2 is 0.810 bits per heavy atom. The molecule has 0 N–H and O–H groups in total. The van der Waals surface area contributed by atoms with Crippen molar-refractivity contribution in [3.63, 3.8) is 0 Å². The highest BCUT2D eigenvalue weighted by Gasteiger charge is 2.53. The molecule has 1 spiro atoms. The molecule has 0 aliphatic heterocycles. The molecule has 0 fully saturated rings. The number of nitrogens with zero attached hydrogens (tertiary/aromatic N) is 4. The number of para-hydroxylation sites is 1. The second-order valence-corrected chi connectivity index (χ2v) is 16.5. The second-order valence-electron chi connectivity index (χ2n) is 16.5. The fraction of sp³-hybridized carbons (Fsp3) is 0.0169. The van der Waals surface area contributed by atoms with Crippen LogP contribution in [0.1, 0.15) is 22.3 Å². The zero-order valence-electron chi connectivity index (χ0n) is 34.1. The number of fused-ring (bicyclic) bond motifs is 13. The van der Waals surface area contributed by atoms with Crippen molar-refractivity contribution in [2.75, 3.05) is 0 Å². The Kier molecular flexibility index (Phi) is 7.79. The van der Waals surface area contributed by atoms with E-state index in [9.17, 15) is 0 Å². The minimum atomic E-state index is -0.472. The molecule has 11 aromatic rings. The molecule has 0 amide bonds. The number of benzene rings is 9. The molecule has 2 heterocycles. The Bertz CT molecular complexity index is 3580. The maximum atomic E-state index is 5.50. The number of rotatable bonds is 5. The molecule has 4 nitrogen and oxygen atoms in total. The van der Waals surface area contributed by atoms with Crippen LogP contribution in [0.5, 0.6) is 0 Å². The first-order chi connectivity index (χ1) is 31.2. The van der Waals surface area contributed by atoms with E-state index in [1.807, 2.05) is 30.3 Å². The Morgan fingerprint density at radius 3 is 1.54 bits per heavy atom. The summed E-state index contributed by atoms with van der Waals surface area (Å²) in [7, 11) is 0. The Balaban J connectivity index is 0.944. The van der Waals surface area contributed by atoms with Gasteiger partial charge in [-0.3, -0.25) is 0 Å². The summed E-state index contributed by atoms with van der Waals surface area (Å²) in [6.45, 7) is 0. The minimum Gasteiger partial charge on any atom is -0.247 e. The van der Waals surface area contributed by atoms with E-state index in [1.165, 1.54) is 55.3 Å². The van der Waals surface area contributed by atoms with E-state index in [1.54, 1.807) is 0 Å². The molecule has 0 atom stereocenters. The molecule has 63 heavy (non-hydrogen) atoms. The van der Waals surface area contributed by atoms with Crippen molar-refractivity contribution >= 4 is 21.7 Å². The van der Waals surface area contributed by atoms with E-state index in [4.69, 9.17) is 19.9 Å². The third-order valence-electron chi connectivity index (χ3n) is 13.1. The van der Waals surface area contributed by atoms with Crippen LogP contribution in [-0.2, 0) is 5.41 Å². The maximum Gasteiger partial charge on any atom is 0.164 e. The molecular weight excluding hydrogens is 765 g/mol. The predicted octanol–water partition coefficient (Wildman–Crippen LogP) is 14.3. The summed E-state index contributed by atoms with van der Waals surface area (Å²) in [6.07, 6.45) is 0. The quantitative estimate of drug-likeness (QED) is 0.174. The van der Waals surface area contributed by atoms with E-state index >= 15 is 0 Å². The molecule has 9 aromatic carbocycles. The van der Waals surface area contributed by atoms with Gasteiger partial charge in [0.2, 0.25) is 0 Å². The molecular formula is C59H36N4. The topological polar surface area (TPSA) is 51.6 Å². The third kappa shape index (κ3) is 5.35. The van der Waals surface area contributed by atoms with Crippen LogP contribution in [0.15, 0.2) is 218 Å². The zero-order chi connectivity index (χ0) is 41.5. The lowest BCUT2D eigenvalue weighted by Gasteiger charge is -2.31. The van der Waals surface area contributed by atoms with Gasteiger partial charge in [0.05, 0.1) is 16.6 Å². The molecule has 2 aromatic heterocycles. The highest BCUT2D eigenvalue weighted by atomic mass is 15.0. The van der Waals surface area contributed by atoms with Crippen LogP contribution in [0.4, 0.5) is 0 Å². The van der Waals surface area contributed by atoms with Gasteiger partial charge in [-0.05, 0) is 79.0 Å². The van der Waals surface area contributed by atoms with Crippen LogP contribution < -0.4 is 0 Å². The predicted molar refractivity (Wildman–Crippen MR) is 256 cm³/mol. The van der Waals surface area contributed by atoms with Crippen LogP contribution in [0.2, 0.25) is 0 Å². The van der Waals surface area contributed by atoms with Gasteiger partial charge in [-0.2, -0.15) is 0 Å². The van der Waals surface area contributed by atoms with Crippen molar-refractivity contribution in [3.05, 3.63) is 241 Å². The molecule has 2 aliphatic rings. The van der Waals surface area contributed by atoms with Gasteiger partial charge >= 0.3 is 0 Å². The minimum absolute atomic E-state index is 0.472. The molecule has 2 aliphatic carbocycles. The Morgan fingerprint density at radius 1 is 0.302 bits per heavy atom. The van der Waals surface area contributed by atoms with Gasteiger partial charge in [-0.1, -0.05) is 200 Å². The average molecular weight is 801 g/mol. The number of aromatic nitrogens is 4. The van der Waals surface area contributed by atoms with Gasteiger partial charge in [0.1, 0.15) is 0 Å². The van der Waals surface area contributed by atoms with Crippen LogP contribution in [0.3, 0.4) is 0 Å². The SMILES string of the molecule is c1ccc(-c2nc(-c3cccc(-c4ccc(-c5nc6ccccc6c6c5-c5ccccc5C65c6ccccc6-c6ccccc65)cc4)c3)nc(-c3ccc4ccccc4c3)n2)cc1. The van der Waals surface area contributed by atoms with Crippen molar-refractivity contribution in [1.29, 1.82) is 0 Å². The lowest BCUT2D eigenvalue weighted by molar-refractivity contribution is 0.801.